The van der Waals surface area contributed by atoms with Crippen LogP contribution in [0, 0.1) is 0 Å². The molecular formula is C18H27N5O4. The summed E-state index contributed by atoms with van der Waals surface area (Å²) in [5.74, 6) is -0.655. The standard InChI is InChI=1S/C18H27N5O4/c1-22(2)13-7-5-12(6-8-13)16(25)20-10-14(24)11-21-17(26)15-4-3-9-23(15)18(19)27/h5-8,14-15,24H,3-4,9-11H2,1-2H3,(H2,19,27)(H,20,25)(H,21,26)/t14?,15-/m0/s1. The third-order valence-electron chi connectivity index (χ3n) is 4.49. The second-order valence-electron chi connectivity index (χ2n) is 6.74. The molecular weight excluding hydrogens is 350 g/mol. The van der Waals surface area contributed by atoms with Crippen LogP contribution in [0.25, 0.3) is 0 Å². The smallest absolute Gasteiger partial charge is 0.315 e. The van der Waals surface area contributed by atoms with Crippen molar-refractivity contribution in [3.8, 4) is 0 Å². The fourth-order valence-corrected chi connectivity index (χ4v) is 2.93. The van der Waals surface area contributed by atoms with Crippen LogP contribution in [0.4, 0.5) is 10.5 Å². The van der Waals surface area contributed by atoms with E-state index in [0.29, 0.717) is 24.9 Å². The number of hydrogen-bond donors (Lipinski definition) is 4. The summed E-state index contributed by atoms with van der Waals surface area (Å²) in [4.78, 5) is 38.8. The molecule has 9 nitrogen and oxygen atoms in total. The van der Waals surface area contributed by atoms with Gasteiger partial charge in [0.15, 0.2) is 0 Å². The van der Waals surface area contributed by atoms with Crippen molar-refractivity contribution in [3.05, 3.63) is 29.8 Å². The number of primary amides is 1. The minimum Gasteiger partial charge on any atom is -0.389 e. The molecule has 148 valence electrons. The summed E-state index contributed by atoms with van der Waals surface area (Å²) < 4.78 is 0. The Bertz CT molecular complexity index is 677. The van der Waals surface area contributed by atoms with Crippen molar-refractivity contribution in [1.29, 1.82) is 0 Å². The Morgan fingerprint density at radius 1 is 1.22 bits per heavy atom. The predicted octanol–water partition coefficient (Wildman–Crippen LogP) is -0.497. The maximum Gasteiger partial charge on any atom is 0.315 e. The summed E-state index contributed by atoms with van der Waals surface area (Å²) in [6.45, 7) is 0.430. The number of carbonyl (C=O) groups excluding carboxylic acids is 3. The highest BCUT2D eigenvalue weighted by atomic mass is 16.3. The molecule has 0 radical (unpaired) electrons. The molecule has 1 fully saturated rings. The number of hydrogen-bond acceptors (Lipinski definition) is 5. The number of likely N-dealkylation sites (tertiary alicyclic amines) is 1. The summed E-state index contributed by atoms with van der Waals surface area (Å²) in [5.41, 5.74) is 6.72. The van der Waals surface area contributed by atoms with Gasteiger partial charge < -0.3 is 31.3 Å². The molecule has 1 aliphatic heterocycles. The molecule has 1 unspecified atom stereocenters. The Labute approximate surface area is 158 Å². The fraction of sp³-hybridized carbons (Fsp3) is 0.500. The van der Waals surface area contributed by atoms with Gasteiger partial charge >= 0.3 is 6.03 Å². The summed E-state index contributed by atoms with van der Waals surface area (Å²) in [7, 11) is 3.82. The van der Waals surface area contributed by atoms with Gasteiger partial charge in [-0.3, -0.25) is 9.59 Å². The highest BCUT2D eigenvalue weighted by Crippen LogP contribution is 2.16. The van der Waals surface area contributed by atoms with Crippen LogP contribution in [0.2, 0.25) is 0 Å². The highest BCUT2D eigenvalue weighted by Gasteiger charge is 2.32. The van der Waals surface area contributed by atoms with E-state index >= 15 is 0 Å². The zero-order valence-electron chi connectivity index (χ0n) is 15.6. The first-order chi connectivity index (χ1) is 12.8. The SMILES string of the molecule is CN(C)c1ccc(C(=O)NCC(O)CNC(=O)[C@@H]2CCCN2C(N)=O)cc1. The number of anilines is 1. The highest BCUT2D eigenvalue weighted by molar-refractivity contribution is 5.94. The van der Waals surface area contributed by atoms with Crippen molar-refractivity contribution in [2.45, 2.75) is 25.0 Å². The molecule has 4 amide bonds. The normalized spacial score (nSPS) is 17.3. The largest absolute Gasteiger partial charge is 0.389 e. The van der Waals surface area contributed by atoms with Crippen LogP contribution in [-0.4, -0.2) is 73.7 Å². The number of benzene rings is 1. The molecule has 0 aromatic heterocycles. The molecule has 2 atom stereocenters. The number of amides is 4. The number of aliphatic hydroxyl groups is 1. The van der Waals surface area contributed by atoms with Crippen LogP contribution in [0.15, 0.2) is 24.3 Å². The minimum atomic E-state index is -0.942. The first-order valence-electron chi connectivity index (χ1n) is 8.87. The second kappa shape index (κ2) is 9.22. The van der Waals surface area contributed by atoms with E-state index in [2.05, 4.69) is 10.6 Å². The summed E-state index contributed by atoms with van der Waals surface area (Å²) >= 11 is 0. The zero-order chi connectivity index (χ0) is 20.0. The van der Waals surface area contributed by atoms with Crippen LogP contribution < -0.4 is 21.3 Å². The topological polar surface area (TPSA) is 128 Å². The van der Waals surface area contributed by atoms with Gasteiger partial charge in [0.1, 0.15) is 6.04 Å². The van der Waals surface area contributed by atoms with Crippen molar-refractivity contribution in [2.24, 2.45) is 5.73 Å². The van der Waals surface area contributed by atoms with Gasteiger partial charge in [-0.1, -0.05) is 0 Å². The molecule has 0 spiro atoms. The number of aliphatic hydroxyl groups excluding tert-OH is 1. The summed E-state index contributed by atoms with van der Waals surface area (Å²) in [6, 6.07) is 5.85. The number of nitrogens with zero attached hydrogens (tertiary/aromatic N) is 2. The monoisotopic (exact) mass is 377 g/mol. The lowest BCUT2D eigenvalue weighted by Crippen LogP contribution is -2.50. The number of nitrogens with one attached hydrogen (secondary N) is 2. The Morgan fingerprint density at radius 2 is 1.85 bits per heavy atom. The average Bonchev–Trinajstić information content (AvgIpc) is 3.14. The molecule has 2 rings (SSSR count). The Hall–Kier alpha value is -2.81. The Morgan fingerprint density at radius 3 is 2.44 bits per heavy atom. The molecule has 1 aromatic carbocycles. The van der Waals surface area contributed by atoms with Crippen molar-refractivity contribution < 1.29 is 19.5 Å². The van der Waals surface area contributed by atoms with E-state index in [1.165, 1.54) is 4.90 Å². The van der Waals surface area contributed by atoms with Crippen molar-refractivity contribution in [2.75, 3.05) is 38.6 Å². The second-order valence-corrected chi connectivity index (χ2v) is 6.74. The number of nitrogens with two attached hydrogens (primary N) is 1. The molecule has 1 saturated heterocycles. The predicted molar refractivity (Wildman–Crippen MR) is 101 cm³/mol. The van der Waals surface area contributed by atoms with Gasteiger partial charge in [0, 0.05) is 45.0 Å². The van der Waals surface area contributed by atoms with E-state index in [0.717, 1.165) is 5.69 Å². The van der Waals surface area contributed by atoms with Crippen LogP contribution in [0.5, 0.6) is 0 Å². The minimum absolute atomic E-state index is 0.00124. The average molecular weight is 377 g/mol. The number of carbonyl (C=O) groups is 3. The van der Waals surface area contributed by atoms with Crippen molar-refractivity contribution in [1.82, 2.24) is 15.5 Å². The van der Waals surface area contributed by atoms with Gasteiger partial charge in [0.2, 0.25) is 5.91 Å². The Kier molecular flexibility index (Phi) is 7.00. The van der Waals surface area contributed by atoms with Crippen molar-refractivity contribution in [3.63, 3.8) is 0 Å². The van der Waals surface area contributed by atoms with E-state index in [4.69, 9.17) is 5.73 Å². The first-order valence-corrected chi connectivity index (χ1v) is 8.87. The summed E-state index contributed by atoms with van der Waals surface area (Å²) in [5, 5.41) is 15.2. The molecule has 1 heterocycles. The Balaban J connectivity index is 1.75. The van der Waals surface area contributed by atoms with Gasteiger partial charge in [-0.15, -0.1) is 0 Å². The van der Waals surface area contributed by atoms with Crippen LogP contribution >= 0.6 is 0 Å². The van der Waals surface area contributed by atoms with Gasteiger partial charge in [0.25, 0.3) is 5.91 Å². The first kappa shape index (κ1) is 20.5. The summed E-state index contributed by atoms with van der Waals surface area (Å²) in [6.07, 6.45) is 0.318. The molecule has 0 aliphatic carbocycles. The van der Waals surface area contributed by atoms with Gasteiger partial charge in [0.05, 0.1) is 6.10 Å². The quantitative estimate of drug-likeness (QED) is 0.509. The van der Waals surface area contributed by atoms with Crippen molar-refractivity contribution >= 4 is 23.5 Å². The fourth-order valence-electron chi connectivity index (χ4n) is 2.93. The van der Waals surface area contributed by atoms with Gasteiger partial charge in [-0.25, -0.2) is 4.79 Å². The number of rotatable bonds is 7. The van der Waals surface area contributed by atoms with Crippen LogP contribution in [-0.2, 0) is 4.79 Å². The van der Waals surface area contributed by atoms with Crippen LogP contribution in [0.1, 0.15) is 23.2 Å². The molecule has 1 aromatic rings. The third-order valence-corrected chi connectivity index (χ3v) is 4.49. The van der Waals surface area contributed by atoms with E-state index in [1.807, 2.05) is 31.1 Å². The molecule has 5 N–H and O–H groups in total. The van der Waals surface area contributed by atoms with E-state index in [1.54, 1.807) is 12.1 Å². The number of urea groups is 1. The van der Waals surface area contributed by atoms with Gasteiger partial charge in [-0.05, 0) is 37.1 Å². The lowest BCUT2D eigenvalue weighted by Gasteiger charge is -2.22. The molecule has 0 saturated carbocycles. The van der Waals surface area contributed by atoms with Crippen LogP contribution in [0.3, 0.4) is 0 Å². The maximum atomic E-state index is 12.1. The third kappa shape index (κ3) is 5.58. The molecule has 27 heavy (non-hydrogen) atoms. The molecule has 1 aliphatic rings. The lowest BCUT2D eigenvalue weighted by atomic mass is 10.2. The van der Waals surface area contributed by atoms with E-state index < -0.39 is 18.2 Å². The lowest BCUT2D eigenvalue weighted by molar-refractivity contribution is -0.125. The zero-order valence-corrected chi connectivity index (χ0v) is 15.6. The van der Waals surface area contributed by atoms with Gasteiger partial charge in [-0.2, -0.15) is 0 Å². The molecule has 9 heteroatoms. The molecule has 0 bridgehead atoms. The maximum absolute atomic E-state index is 12.1. The van der Waals surface area contributed by atoms with E-state index in [-0.39, 0.29) is 24.9 Å². The van der Waals surface area contributed by atoms with E-state index in [9.17, 15) is 19.5 Å².